The molecule has 0 atom stereocenters. The summed E-state index contributed by atoms with van der Waals surface area (Å²) in [5.41, 5.74) is 8.78. The summed E-state index contributed by atoms with van der Waals surface area (Å²) in [4.78, 5) is 5.25. The minimum Gasteiger partial charge on any atom is -0.399 e. The van der Waals surface area contributed by atoms with Crippen molar-refractivity contribution >= 4 is 36.1 Å². The second-order valence-corrected chi connectivity index (χ2v) is 12.5. The van der Waals surface area contributed by atoms with Gasteiger partial charge in [-0.15, -0.1) is 0 Å². The summed E-state index contributed by atoms with van der Waals surface area (Å²) in [6.45, 7) is 27.3. The Hall–Kier alpha value is -3.73. The highest BCUT2D eigenvalue weighted by Gasteiger charge is 2.51. The Kier molecular flexibility index (Phi) is 7.22. The average Bonchev–Trinajstić information content (AvgIpc) is 3.30. The summed E-state index contributed by atoms with van der Waals surface area (Å²) >= 11 is 0. The molecule has 3 nitrogen and oxygen atoms in total. The van der Waals surface area contributed by atoms with Crippen molar-refractivity contribution < 1.29 is 9.31 Å². The van der Waals surface area contributed by atoms with Crippen molar-refractivity contribution in [3.8, 4) is 0 Å². The van der Waals surface area contributed by atoms with E-state index in [2.05, 4.69) is 117 Å². The van der Waals surface area contributed by atoms with E-state index in [4.69, 9.17) is 14.3 Å². The number of rotatable bonds is 6. The Labute approximate surface area is 245 Å². The van der Waals surface area contributed by atoms with E-state index < -0.39 is 7.12 Å². The number of aliphatic imine (C=N–C) groups is 1. The summed E-state index contributed by atoms with van der Waals surface area (Å²) in [5.74, 6) is 0. The number of nitrogens with zero attached hydrogens (tertiary/aromatic N) is 1. The normalized spacial score (nSPS) is 19.7. The molecule has 1 aliphatic heterocycles. The van der Waals surface area contributed by atoms with Gasteiger partial charge in [-0.1, -0.05) is 106 Å². The standard InChI is InChI=1S/C37H40BNO2/c1-11-29-31-22-19-27(23-33(31)35(5,6)32(29)12-2)25(4)39-34(30-16-14-13-15-24(30)3)26-17-20-28(21-18-26)38-40-36(7,8)37(9,10)41-38/h11-23H,1-3H2,4-10H3/b34-30-,39-25?. The lowest BCUT2D eigenvalue weighted by Crippen LogP contribution is -2.41. The smallest absolute Gasteiger partial charge is 0.399 e. The first kappa shape index (κ1) is 28.8. The quantitative estimate of drug-likeness (QED) is 0.264. The second-order valence-electron chi connectivity index (χ2n) is 12.5. The molecular weight excluding hydrogens is 501 g/mol. The maximum absolute atomic E-state index is 6.28. The molecule has 0 N–H and O–H groups in total. The SMILES string of the molecule is C=CC1=C(C=C)C(C)(C)c2cc(C(C)=N/C(c3ccc(B4OC(C)(C)C(C)(C)O4)cc3)=c3/ccccc3=C)ccc21. The van der Waals surface area contributed by atoms with Gasteiger partial charge < -0.3 is 9.31 Å². The highest BCUT2D eigenvalue weighted by atomic mass is 16.7. The van der Waals surface area contributed by atoms with Crippen molar-refractivity contribution in [2.24, 2.45) is 4.99 Å². The summed E-state index contributed by atoms with van der Waals surface area (Å²) < 4.78 is 12.6. The van der Waals surface area contributed by atoms with Crippen LogP contribution >= 0.6 is 0 Å². The summed E-state index contributed by atoms with van der Waals surface area (Å²) in [6.07, 6.45) is 3.90. The van der Waals surface area contributed by atoms with Gasteiger partial charge in [0.15, 0.2) is 0 Å². The van der Waals surface area contributed by atoms with Crippen LogP contribution in [-0.4, -0.2) is 24.0 Å². The van der Waals surface area contributed by atoms with Crippen LogP contribution in [-0.2, 0) is 14.7 Å². The van der Waals surface area contributed by atoms with Crippen LogP contribution in [0.25, 0.3) is 17.8 Å². The van der Waals surface area contributed by atoms with Crippen LogP contribution in [0.15, 0.2) is 103 Å². The predicted octanol–water partition coefficient (Wildman–Crippen LogP) is 6.48. The number of allylic oxidation sites excluding steroid dienone is 4. The Morgan fingerprint density at radius 3 is 2.00 bits per heavy atom. The molecular formula is C37H40BNO2. The molecule has 4 heteroatoms. The van der Waals surface area contributed by atoms with E-state index in [0.717, 1.165) is 44.0 Å². The van der Waals surface area contributed by atoms with E-state index in [-0.39, 0.29) is 16.6 Å². The molecule has 1 saturated heterocycles. The van der Waals surface area contributed by atoms with Gasteiger partial charge in [0.05, 0.1) is 16.9 Å². The monoisotopic (exact) mass is 541 g/mol. The van der Waals surface area contributed by atoms with Gasteiger partial charge in [0.1, 0.15) is 0 Å². The highest BCUT2D eigenvalue weighted by Crippen LogP contribution is 2.47. The van der Waals surface area contributed by atoms with E-state index in [1.54, 1.807) is 0 Å². The zero-order valence-corrected chi connectivity index (χ0v) is 25.5. The zero-order valence-electron chi connectivity index (χ0n) is 25.5. The lowest BCUT2D eigenvalue weighted by atomic mass is 9.78. The zero-order chi connectivity index (χ0) is 29.7. The molecule has 5 rings (SSSR count). The molecule has 0 spiro atoms. The van der Waals surface area contributed by atoms with Gasteiger partial charge in [0.2, 0.25) is 0 Å². The number of benzene rings is 3. The van der Waals surface area contributed by atoms with E-state index in [1.165, 1.54) is 16.7 Å². The number of hydrogen-bond acceptors (Lipinski definition) is 3. The van der Waals surface area contributed by atoms with Crippen LogP contribution in [0.2, 0.25) is 0 Å². The Balaban J connectivity index is 1.57. The molecule has 0 bridgehead atoms. The molecule has 0 unspecified atom stereocenters. The maximum atomic E-state index is 6.28. The first-order valence-electron chi connectivity index (χ1n) is 14.2. The molecule has 41 heavy (non-hydrogen) atoms. The van der Waals surface area contributed by atoms with E-state index >= 15 is 0 Å². The summed E-state index contributed by atoms with van der Waals surface area (Å²) in [7, 11) is -0.410. The van der Waals surface area contributed by atoms with Crippen LogP contribution in [0.5, 0.6) is 0 Å². The van der Waals surface area contributed by atoms with Gasteiger partial charge in [0.25, 0.3) is 0 Å². The van der Waals surface area contributed by atoms with Crippen LogP contribution in [0.1, 0.15) is 70.7 Å². The molecule has 0 aromatic heterocycles. The van der Waals surface area contributed by atoms with Crippen molar-refractivity contribution in [2.45, 2.75) is 65.1 Å². The fraction of sp³-hybridized carbons (Fsp3) is 0.270. The van der Waals surface area contributed by atoms with E-state index in [9.17, 15) is 0 Å². The van der Waals surface area contributed by atoms with Crippen molar-refractivity contribution in [2.75, 3.05) is 0 Å². The van der Waals surface area contributed by atoms with Crippen LogP contribution < -0.4 is 15.9 Å². The Bertz CT molecular complexity index is 1710. The molecule has 1 heterocycles. The van der Waals surface area contributed by atoms with Crippen LogP contribution in [0.4, 0.5) is 0 Å². The first-order valence-corrected chi connectivity index (χ1v) is 14.2. The number of fused-ring (bicyclic) bond motifs is 1. The molecule has 1 aliphatic carbocycles. The minimum absolute atomic E-state index is 0.160. The maximum Gasteiger partial charge on any atom is 0.494 e. The third kappa shape index (κ3) is 4.90. The predicted molar refractivity (Wildman–Crippen MR) is 175 cm³/mol. The third-order valence-corrected chi connectivity index (χ3v) is 9.03. The molecule has 0 amide bonds. The minimum atomic E-state index is -0.410. The Morgan fingerprint density at radius 2 is 1.41 bits per heavy atom. The summed E-state index contributed by atoms with van der Waals surface area (Å²) in [5, 5.41) is 1.93. The average molecular weight is 542 g/mol. The molecule has 2 aliphatic rings. The van der Waals surface area contributed by atoms with Gasteiger partial charge in [0, 0.05) is 21.9 Å². The van der Waals surface area contributed by atoms with E-state index in [1.807, 2.05) is 30.4 Å². The van der Waals surface area contributed by atoms with Crippen LogP contribution in [0.3, 0.4) is 0 Å². The first-order chi connectivity index (χ1) is 19.3. The third-order valence-electron chi connectivity index (χ3n) is 9.03. The van der Waals surface area contributed by atoms with Crippen molar-refractivity contribution in [1.82, 2.24) is 0 Å². The molecule has 3 aromatic rings. The highest BCUT2D eigenvalue weighted by molar-refractivity contribution is 6.62. The fourth-order valence-corrected chi connectivity index (χ4v) is 5.77. The summed E-state index contributed by atoms with van der Waals surface area (Å²) in [6, 6.07) is 23.1. The van der Waals surface area contributed by atoms with E-state index in [0.29, 0.717) is 0 Å². The molecule has 0 saturated carbocycles. The van der Waals surface area contributed by atoms with Crippen molar-refractivity contribution in [3.05, 3.63) is 130 Å². The van der Waals surface area contributed by atoms with Gasteiger partial charge in [-0.2, -0.15) is 0 Å². The van der Waals surface area contributed by atoms with Gasteiger partial charge >= 0.3 is 7.12 Å². The van der Waals surface area contributed by atoms with Crippen LogP contribution in [0, 0.1) is 0 Å². The Morgan fingerprint density at radius 1 is 0.805 bits per heavy atom. The lowest BCUT2D eigenvalue weighted by molar-refractivity contribution is 0.00578. The largest absolute Gasteiger partial charge is 0.494 e. The molecule has 208 valence electrons. The molecule has 3 aromatic carbocycles. The number of hydrogen-bond donors (Lipinski definition) is 0. The van der Waals surface area contributed by atoms with Crippen molar-refractivity contribution in [1.29, 1.82) is 0 Å². The lowest BCUT2D eigenvalue weighted by Gasteiger charge is -2.32. The topological polar surface area (TPSA) is 30.8 Å². The molecule has 0 radical (unpaired) electrons. The van der Waals surface area contributed by atoms with Gasteiger partial charge in [-0.25, -0.2) is 0 Å². The molecule has 1 fully saturated rings. The van der Waals surface area contributed by atoms with Crippen molar-refractivity contribution in [3.63, 3.8) is 0 Å². The van der Waals surface area contributed by atoms with Gasteiger partial charge in [-0.3, -0.25) is 4.99 Å². The fourth-order valence-electron chi connectivity index (χ4n) is 5.77. The second kappa shape index (κ2) is 10.3. The van der Waals surface area contributed by atoms with Gasteiger partial charge in [-0.05, 0) is 79.2 Å².